The van der Waals surface area contributed by atoms with Crippen molar-refractivity contribution in [2.24, 2.45) is 0 Å². The molecular weight excluding hydrogens is 428 g/mol. The van der Waals surface area contributed by atoms with Crippen LogP contribution < -0.4 is 14.8 Å². The number of carbonyl (C=O) groups excluding carboxylic acids is 1. The summed E-state index contributed by atoms with van der Waals surface area (Å²) < 4.78 is 37.9. The van der Waals surface area contributed by atoms with Crippen molar-refractivity contribution in [3.8, 4) is 11.5 Å². The number of ether oxygens (including phenoxy) is 2. The molecule has 164 valence electrons. The maximum absolute atomic E-state index is 12.9. The van der Waals surface area contributed by atoms with Gasteiger partial charge in [0.15, 0.2) is 11.5 Å². The Morgan fingerprint density at radius 2 is 1.80 bits per heavy atom. The summed E-state index contributed by atoms with van der Waals surface area (Å²) in [5.41, 5.74) is 1.22. The zero-order valence-electron chi connectivity index (χ0n) is 17.8. The van der Waals surface area contributed by atoms with Gasteiger partial charge in [-0.3, -0.25) is 4.79 Å². The Hall–Kier alpha value is -2.29. The largest absolute Gasteiger partial charge is 0.493 e. The molecule has 0 unspecified atom stereocenters. The molecular formula is C21H27ClN2O5S. The lowest BCUT2D eigenvalue weighted by Gasteiger charge is -2.20. The Balaban J connectivity index is 2.38. The number of rotatable bonds is 9. The Labute approximate surface area is 183 Å². The van der Waals surface area contributed by atoms with Crippen LogP contribution in [0.5, 0.6) is 11.5 Å². The molecule has 0 saturated carbocycles. The van der Waals surface area contributed by atoms with Gasteiger partial charge in [-0.25, -0.2) is 8.42 Å². The third-order valence-corrected chi connectivity index (χ3v) is 7.02. The van der Waals surface area contributed by atoms with Crippen molar-refractivity contribution in [2.75, 3.05) is 32.1 Å². The van der Waals surface area contributed by atoms with Crippen LogP contribution in [0.2, 0.25) is 5.02 Å². The van der Waals surface area contributed by atoms with Crippen molar-refractivity contribution in [1.29, 1.82) is 0 Å². The van der Waals surface area contributed by atoms with Crippen LogP contribution in [0, 0.1) is 6.92 Å². The molecule has 0 fully saturated rings. The summed E-state index contributed by atoms with van der Waals surface area (Å²) in [6, 6.07) is 7.79. The van der Waals surface area contributed by atoms with E-state index < -0.39 is 15.9 Å². The molecule has 0 bridgehead atoms. The van der Waals surface area contributed by atoms with Gasteiger partial charge in [-0.15, -0.1) is 0 Å². The monoisotopic (exact) mass is 454 g/mol. The van der Waals surface area contributed by atoms with E-state index in [2.05, 4.69) is 5.32 Å². The molecule has 7 nitrogen and oxygen atoms in total. The van der Waals surface area contributed by atoms with E-state index in [1.807, 2.05) is 6.92 Å². The molecule has 0 spiro atoms. The fraction of sp³-hybridized carbons (Fsp3) is 0.381. The highest BCUT2D eigenvalue weighted by Crippen LogP contribution is 2.36. The maximum atomic E-state index is 12.9. The highest BCUT2D eigenvalue weighted by molar-refractivity contribution is 7.89. The van der Waals surface area contributed by atoms with Gasteiger partial charge in [0.1, 0.15) is 0 Å². The van der Waals surface area contributed by atoms with Gasteiger partial charge in [-0.05, 0) is 43.7 Å². The van der Waals surface area contributed by atoms with E-state index in [0.717, 1.165) is 0 Å². The summed E-state index contributed by atoms with van der Waals surface area (Å²) >= 11 is 6.24. The third kappa shape index (κ3) is 5.06. The number of carbonyl (C=O) groups is 1. The number of amides is 1. The standard InChI is InChI=1S/C21H27ClN2O5S/c1-6-24(7-2)30(26,27)19-13-16(10-9-14(19)4)23-21(25)15-11-17(22)20(29-8-3)18(12-15)28-5/h9-13H,6-8H2,1-5H3,(H,23,25). The maximum Gasteiger partial charge on any atom is 0.255 e. The predicted molar refractivity (Wildman–Crippen MR) is 118 cm³/mol. The fourth-order valence-corrected chi connectivity index (χ4v) is 4.97. The number of anilines is 1. The van der Waals surface area contributed by atoms with Crippen molar-refractivity contribution in [2.45, 2.75) is 32.6 Å². The zero-order valence-corrected chi connectivity index (χ0v) is 19.4. The van der Waals surface area contributed by atoms with E-state index in [4.69, 9.17) is 21.1 Å². The molecule has 0 aromatic heterocycles. The van der Waals surface area contributed by atoms with Gasteiger partial charge in [0, 0.05) is 24.3 Å². The molecule has 2 aromatic rings. The minimum Gasteiger partial charge on any atom is -0.493 e. The minimum absolute atomic E-state index is 0.159. The number of halogens is 1. The Kier molecular flexibility index (Phi) is 8.11. The van der Waals surface area contributed by atoms with E-state index in [1.54, 1.807) is 32.9 Å². The molecule has 1 amide bonds. The third-order valence-electron chi connectivity index (χ3n) is 4.55. The lowest BCUT2D eigenvalue weighted by atomic mass is 10.1. The van der Waals surface area contributed by atoms with Crippen LogP contribution in [-0.2, 0) is 10.0 Å². The Bertz CT molecular complexity index is 1020. The number of methoxy groups -OCH3 is 1. The normalized spacial score (nSPS) is 11.4. The second-order valence-electron chi connectivity index (χ2n) is 6.45. The lowest BCUT2D eigenvalue weighted by molar-refractivity contribution is 0.102. The number of nitrogens with one attached hydrogen (secondary N) is 1. The molecule has 0 saturated heterocycles. The van der Waals surface area contributed by atoms with Gasteiger partial charge in [-0.1, -0.05) is 31.5 Å². The van der Waals surface area contributed by atoms with Crippen molar-refractivity contribution < 1.29 is 22.7 Å². The molecule has 1 N–H and O–H groups in total. The quantitative estimate of drug-likeness (QED) is 0.609. The van der Waals surface area contributed by atoms with Crippen LogP contribution in [0.25, 0.3) is 0 Å². The second-order valence-corrected chi connectivity index (χ2v) is 8.76. The van der Waals surface area contributed by atoms with E-state index in [0.29, 0.717) is 42.4 Å². The van der Waals surface area contributed by atoms with Crippen LogP contribution in [0.4, 0.5) is 5.69 Å². The van der Waals surface area contributed by atoms with Gasteiger partial charge < -0.3 is 14.8 Å². The number of hydrogen-bond donors (Lipinski definition) is 1. The predicted octanol–water partition coefficient (Wildman–Crippen LogP) is 4.34. The molecule has 0 aliphatic carbocycles. The van der Waals surface area contributed by atoms with Crippen molar-refractivity contribution in [1.82, 2.24) is 4.31 Å². The number of sulfonamides is 1. The SMILES string of the molecule is CCOc1c(Cl)cc(C(=O)Nc2ccc(C)c(S(=O)(=O)N(CC)CC)c2)cc1OC. The Morgan fingerprint density at radius 3 is 2.37 bits per heavy atom. The van der Waals surface area contributed by atoms with Crippen LogP contribution in [-0.4, -0.2) is 45.4 Å². The van der Waals surface area contributed by atoms with E-state index in [9.17, 15) is 13.2 Å². The van der Waals surface area contributed by atoms with Gasteiger partial charge in [0.2, 0.25) is 10.0 Å². The molecule has 30 heavy (non-hydrogen) atoms. The average Bonchev–Trinajstić information content (AvgIpc) is 2.71. The highest BCUT2D eigenvalue weighted by Gasteiger charge is 2.24. The number of hydrogen-bond acceptors (Lipinski definition) is 5. The smallest absolute Gasteiger partial charge is 0.255 e. The van der Waals surface area contributed by atoms with Gasteiger partial charge >= 0.3 is 0 Å². The lowest BCUT2D eigenvalue weighted by Crippen LogP contribution is -2.31. The average molecular weight is 455 g/mol. The summed E-state index contributed by atoms with van der Waals surface area (Å²) in [5.74, 6) is 0.248. The molecule has 0 heterocycles. The van der Waals surface area contributed by atoms with Crippen LogP contribution in [0.1, 0.15) is 36.7 Å². The summed E-state index contributed by atoms with van der Waals surface area (Å²) in [6.45, 7) is 8.22. The molecule has 0 aliphatic rings. The van der Waals surface area contributed by atoms with Crippen LogP contribution in [0.15, 0.2) is 35.2 Å². The number of aryl methyl sites for hydroxylation is 1. The first kappa shape index (κ1) is 24.0. The van der Waals surface area contributed by atoms with Crippen molar-refractivity contribution >= 4 is 33.2 Å². The first-order chi connectivity index (χ1) is 14.2. The van der Waals surface area contributed by atoms with Crippen molar-refractivity contribution in [3.05, 3.63) is 46.5 Å². The minimum atomic E-state index is -3.66. The molecule has 2 rings (SSSR count). The van der Waals surface area contributed by atoms with Gasteiger partial charge in [0.05, 0.1) is 23.6 Å². The van der Waals surface area contributed by atoms with Gasteiger partial charge in [-0.2, -0.15) is 4.31 Å². The zero-order chi connectivity index (χ0) is 22.5. The van der Waals surface area contributed by atoms with Crippen LogP contribution in [0.3, 0.4) is 0 Å². The summed E-state index contributed by atoms with van der Waals surface area (Å²) in [5, 5.41) is 2.97. The van der Waals surface area contributed by atoms with E-state index in [-0.39, 0.29) is 15.5 Å². The van der Waals surface area contributed by atoms with Crippen molar-refractivity contribution in [3.63, 3.8) is 0 Å². The Morgan fingerprint density at radius 1 is 1.13 bits per heavy atom. The molecule has 0 radical (unpaired) electrons. The van der Waals surface area contributed by atoms with E-state index >= 15 is 0 Å². The summed E-state index contributed by atoms with van der Waals surface area (Å²) in [4.78, 5) is 12.9. The number of nitrogens with zero attached hydrogens (tertiary/aromatic N) is 1. The second kappa shape index (κ2) is 10.1. The first-order valence-corrected chi connectivity index (χ1v) is 11.4. The highest BCUT2D eigenvalue weighted by atomic mass is 35.5. The molecule has 2 aromatic carbocycles. The first-order valence-electron chi connectivity index (χ1n) is 9.61. The van der Waals surface area contributed by atoms with E-state index in [1.165, 1.54) is 29.6 Å². The molecule has 9 heteroatoms. The fourth-order valence-electron chi connectivity index (χ4n) is 3.00. The van der Waals surface area contributed by atoms with Gasteiger partial charge in [0.25, 0.3) is 5.91 Å². The summed E-state index contributed by atoms with van der Waals surface area (Å²) in [6.07, 6.45) is 0. The molecule has 0 atom stereocenters. The summed E-state index contributed by atoms with van der Waals surface area (Å²) in [7, 11) is -2.20. The molecule has 0 aliphatic heterocycles. The van der Waals surface area contributed by atoms with Crippen LogP contribution >= 0.6 is 11.6 Å². The topological polar surface area (TPSA) is 84.9 Å². The number of benzene rings is 2.